The summed E-state index contributed by atoms with van der Waals surface area (Å²) in [7, 11) is -3.75. The lowest BCUT2D eigenvalue weighted by Gasteiger charge is -2.04. The van der Waals surface area contributed by atoms with Crippen molar-refractivity contribution in [3.63, 3.8) is 0 Å². The number of rotatable bonds is 3. The fourth-order valence-corrected chi connectivity index (χ4v) is 3.09. The minimum atomic E-state index is -3.75. The Labute approximate surface area is 120 Å². The SMILES string of the molecule is Cc1nsc(NS(=O)(=O)c2cncc(C#CCN)c2)n1. The Morgan fingerprint density at radius 3 is 2.90 bits per heavy atom. The normalized spacial score (nSPS) is 10.7. The van der Waals surface area contributed by atoms with Crippen LogP contribution in [0.15, 0.2) is 23.4 Å². The average molecular weight is 309 g/mol. The van der Waals surface area contributed by atoms with Gasteiger partial charge >= 0.3 is 0 Å². The first-order chi connectivity index (χ1) is 9.51. The Hall–Kier alpha value is -2.02. The molecule has 2 aromatic rings. The molecule has 0 aromatic carbocycles. The molecule has 0 unspecified atom stereocenters. The Morgan fingerprint density at radius 1 is 1.45 bits per heavy atom. The molecule has 9 heteroatoms. The van der Waals surface area contributed by atoms with Gasteiger partial charge in [0.15, 0.2) is 0 Å². The maximum absolute atomic E-state index is 12.2. The second-order valence-electron chi connectivity index (χ2n) is 3.67. The summed E-state index contributed by atoms with van der Waals surface area (Å²) in [6, 6.07) is 1.42. The van der Waals surface area contributed by atoms with Gasteiger partial charge in [-0.1, -0.05) is 11.8 Å². The molecule has 0 aliphatic heterocycles. The summed E-state index contributed by atoms with van der Waals surface area (Å²) in [5.74, 6) is 5.88. The highest BCUT2D eigenvalue weighted by molar-refractivity contribution is 7.93. The van der Waals surface area contributed by atoms with Gasteiger partial charge in [0.05, 0.1) is 6.54 Å². The van der Waals surface area contributed by atoms with Gasteiger partial charge in [-0.05, 0) is 13.0 Å². The molecule has 0 saturated carbocycles. The predicted octanol–water partition coefficient (Wildman–Crippen LogP) is 0.353. The number of nitrogens with two attached hydrogens (primary N) is 1. The van der Waals surface area contributed by atoms with E-state index in [1.54, 1.807) is 6.92 Å². The van der Waals surface area contributed by atoms with Crippen molar-refractivity contribution >= 4 is 26.7 Å². The zero-order chi connectivity index (χ0) is 14.6. The number of nitrogens with zero attached hydrogens (tertiary/aromatic N) is 3. The Bertz CT molecular complexity index is 773. The molecular formula is C11H11N5O2S2. The first kappa shape index (κ1) is 14.4. The van der Waals surface area contributed by atoms with Crippen LogP contribution in [-0.4, -0.2) is 29.3 Å². The summed E-state index contributed by atoms with van der Waals surface area (Å²) in [5.41, 5.74) is 5.74. The van der Waals surface area contributed by atoms with Gasteiger partial charge < -0.3 is 5.73 Å². The number of aromatic nitrogens is 3. The molecule has 0 spiro atoms. The number of aryl methyl sites for hydroxylation is 1. The molecule has 0 atom stereocenters. The largest absolute Gasteiger partial charge is 0.320 e. The third-order valence-electron chi connectivity index (χ3n) is 2.11. The van der Waals surface area contributed by atoms with Gasteiger partial charge in [0, 0.05) is 29.5 Å². The number of nitrogens with one attached hydrogen (secondary N) is 1. The highest BCUT2D eigenvalue weighted by Crippen LogP contribution is 2.17. The van der Waals surface area contributed by atoms with E-state index in [2.05, 4.69) is 30.9 Å². The molecule has 3 N–H and O–H groups in total. The average Bonchev–Trinajstić information content (AvgIpc) is 2.81. The van der Waals surface area contributed by atoms with Crippen LogP contribution in [0.25, 0.3) is 0 Å². The van der Waals surface area contributed by atoms with Crippen molar-refractivity contribution in [3.05, 3.63) is 29.8 Å². The molecule has 2 rings (SSSR count). The molecule has 0 amide bonds. The van der Waals surface area contributed by atoms with Crippen LogP contribution in [0.2, 0.25) is 0 Å². The lowest BCUT2D eigenvalue weighted by molar-refractivity contribution is 0.600. The third-order valence-corrected chi connectivity index (χ3v) is 4.26. The molecular weight excluding hydrogens is 298 g/mol. The van der Waals surface area contributed by atoms with Gasteiger partial charge in [-0.25, -0.2) is 13.4 Å². The number of sulfonamides is 1. The van der Waals surface area contributed by atoms with Crippen molar-refractivity contribution in [3.8, 4) is 11.8 Å². The van der Waals surface area contributed by atoms with E-state index in [1.807, 2.05) is 0 Å². The fourth-order valence-electron chi connectivity index (χ4n) is 1.30. The summed E-state index contributed by atoms with van der Waals surface area (Å²) in [6.07, 6.45) is 2.71. The highest BCUT2D eigenvalue weighted by Gasteiger charge is 2.17. The van der Waals surface area contributed by atoms with Gasteiger partial charge in [0.25, 0.3) is 10.0 Å². The lowest BCUT2D eigenvalue weighted by atomic mass is 10.3. The van der Waals surface area contributed by atoms with Crippen molar-refractivity contribution in [2.45, 2.75) is 11.8 Å². The van der Waals surface area contributed by atoms with E-state index >= 15 is 0 Å². The Balaban J connectivity index is 2.29. The molecule has 0 radical (unpaired) electrons. The van der Waals surface area contributed by atoms with Crippen LogP contribution in [0.1, 0.15) is 11.4 Å². The molecule has 0 saturated heterocycles. The molecule has 2 heterocycles. The van der Waals surface area contributed by atoms with E-state index in [0.717, 1.165) is 11.5 Å². The smallest absolute Gasteiger partial charge is 0.265 e. The number of pyridine rings is 1. The quantitative estimate of drug-likeness (QED) is 0.792. The Kier molecular flexibility index (Phi) is 4.29. The zero-order valence-electron chi connectivity index (χ0n) is 10.5. The van der Waals surface area contributed by atoms with Crippen molar-refractivity contribution in [2.75, 3.05) is 11.3 Å². The fraction of sp³-hybridized carbons (Fsp3) is 0.182. The van der Waals surface area contributed by atoms with Gasteiger partial charge in [-0.15, -0.1) is 0 Å². The van der Waals surface area contributed by atoms with Crippen LogP contribution in [0.4, 0.5) is 5.13 Å². The topological polar surface area (TPSA) is 111 Å². The molecule has 0 bridgehead atoms. The van der Waals surface area contributed by atoms with Crippen molar-refractivity contribution in [1.29, 1.82) is 0 Å². The monoisotopic (exact) mass is 309 g/mol. The minimum absolute atomic E-state index is 0.00849. The highest BCUT2D eigenvalue weighted by atomic mass is 32.2. The van der Waals surface area contributed by atoms with E-state index in [0.29, 0.717) is 11.4 Å². The molecule has 0 aliphatic rings. The summed E-state index contributed by atoms with van der Waals surface area (Å²) < 4.78 is 30.6. The van der Waals surface area contributed by atoms with Gasteiger partial charge in [0.1, 0.15) is 10.7 Å². The summed E-state index contributed by atoms with van der Waals surface area (Å²) in [4.78, 5) is 7.81. The second-order valence-corrected chi connectivity index (χ2v) is 6.10. The molecule has 0 fully saturated rings. The number of hydrogen-bond acceptors (Lipinski definition) is 7. The van der Waals surface area contributed by atoms with Crippen molar-refractivity contribution < 1.29 is 8.42 Å². The van der Waals surface area contributed by atoms with Gasteiger partial charge in [-0.2, -0.15) is 4.37 Å². The first-order valence-corrected chi connectivity index (χ1v) is 7.74. The molecule has 104 valence electrons. The minimum Gasteiger partial charge on any atom is -0.320 e. The van der Waals surface area contributed by atoms with Gasteiger partial charge in [-0.3, -0.25) is 9.71 Å². The number of anilines is 1. The maximum atomic E-state index is 12.2. The van der Waals surface area contributed by atoms with E-state index in [4.69, 9.17) is 5.73 Å². The second kappa shape index (κ2) is 5.96. The molecule has 2 aromatic heterocycles. The van der Waals surface area contributed by atoms with Crippen LogP contribution in [-0.2, 0) is 10.0 Å². The predicted molar refractivity (Wildman–Crippen MR) is 75.6 cm³/mol. The van der Waals surface area contributed by atoms with Crippen LogP contribution >= 0.6 is 11.5 Å². The van der Waals surface area contributed by atoms with E-state index < -0.39 is 10.0 Å². The summed E-state index contributed by atoms with van der Waals surface area (Å²) in [6.45, 7) is 1.87. The lowest BCUT2D eigenvalue weighted by Crippen LogP contribution is -2.13. The van der Waals surface area contributed by atoms with Crippen molar-refractivity contribution in [2.24, 2.45) is 5.73 Å². The van der Waals surface area contributed by atoms with Gasteiger partial charge in [0.2, 0.25) is 5.13 Å². The maximum Gasteiger partial charge on any atom is 0.265 e. The summed E-state index contributed by atoms with van der Waals surface area (Å²) >= 11 is 0.973. The zero-order valence-corrected chi connectivity index (χ0v) is 12.1. The number of hydrogen-bond donors (Lipinski definition) is 2. The molecule has 20 heavy (non-hydrogen) atoms. The summed E-state index contributed by atoms with van der Waals surface area (Å²) in [5, 5.41) is 0.209. The standard InChI is InChI=1S/C11H11N5O2S2/c1-8-14-11(19-15-8)16-20(17,18)10-5-9(3-2-4-12)6-13-7-10/h5-7H,4,12H2,1H3,(H,14,15,16). The van der Waals surface area contributed by atoms with Crippen LogP contribution in [0, 0.1) is 18.8 Å². The van der Waals surface area contributed by atoms with Crippen LogP contribution in [0.3, 0.4) is 0 Å². The van der Waals surface area contributed by atoms with E-state index in [9.17, 15) is 8.42 Å². The van der Waals surface area contributed by atoms with Crippen LogP contribution in [0.5, 0.6) is 0 Å². The third kappa shape index (κ3) is 3.51. The van der Waals surface area contributed by atoms with Crippen molar-refractivity contribution in [1.82, 2.24) is 14.3 Å². The van der Waals surface area contributed by atoms with E-state index in [1.165, 1.54) is 18.5 Å². The van der Waals surface area contributed by atoms with E-state index in [-0.39, 0.29) is 16.6 Å². The van der Waals surface area contributed by atoms with Crippen LogP contribution < -0.4 is 10.5 Å². The molecule has 0 aliphatic carbocycles. The first-order valence-electron chi connectivity index (χ1n) is 5.48. The Morgan fingerprint density at radius 2 is 2.25 bits per heavy atom. The molecule has 7 nitrogen and oxygen atoms in total.